The zero-order valence-electron chi connectivity index (χ0n) is 22.5. The largest absolute Gasteiger partial charge is 0.500 e. The fourth-order valence-corrected chi connectivity index (χ4v) is 6.46. The van der Waals surface area contributed by atoms with E-state index in [2.05, 4.69) is 20.8 Å². The second-order valence-electron chi connectivity index (χ2n) is 10.3. The molecule has 0 saturated heterocycles. The molecule has 0 spiro atoms. The average Bonchev–Trinajstić information content (AvgIpc) is 2.73. The lowest BCUT2D eigenvalue weighted by Gasteiger charge is -2.28. The van der Waals surface area contributed by atoms with Crippen molar-refractivity contribution in [3.05, 3.63) is 0 Å². The van der Waals surface area contributed by atoms with Crippen LogP contribution in [0.5, 0.6) is 0 Å². The van der Waals surface area contributed by atoms with Crippen LogP contribution < -0.4 is 5.73 Å². The predicted molar refractivity (Wildman–Crippen MR) is 156 cm³/mol. The summed E-state index contributed by atoms with van der Waals surface area (Å²) in [4.78, 5) is 0. The summed E-state index contributed by atoms with van der Waals surface area (Å²) in [5, 5.41) is 0. The number of unbranched alkanes of at least 4 members (excludes halogenated alkanes) is 12. The molecule has 0 aliphatic carbocycles. The Labute approximate surface area is 219 Å². The number of nitrogens with two attached hydrogens (primary N) is 1. The van der Waals surface area contributed by atoms with Gasteiger partial charge in [0.25, 0.3) is 0 Å². The highest BCUT2D eigenvalue weighted by atomic mass is 35.5. The van der Waals surface area contributed by atoms with Crippen molar-refractivity contribution in [3.8, 4) is 0 Å². The quantitative estimate of drug-likeness (QED) is 0.117. The van der Waals surface area contributed by atoms with Gasteiger partial charge in [-0.25, -0.2) is 0 Å². The van der Waals surface area contributed by atoms with Gasteiger partial charge < -0.3 is 19.0 Å². The lowest BCUT2D eigenvalue weighted by Crippen LogP contribution is -2.42. The SMILES string of the molecule is CCCCCCCCCCCCCCCC(CCC[Si](OC)(OC)OC)CC(C)(C)N.Cl.[SiH4]. The highest BCUT2D eigenvalue weighted by Crippen LogP contribution is 2.27. The van der Waals surface area contributed by atoms with Crippen molar-refractivity contribution in [2.75, 3.05) is 21.3 Å². The molecule has 33 heavy (non-hydrogen) atoms. The third-order valence-electron chi connectivity index (χ3n) is 6.56. The Bertz CT molecular complexity index is 386. The van der Waals surface area contributed by atoms with Gasteiger partial charge in [0.2, 0.25) is 0 Å². The van der Waals surface area contributed by atoms with E-state index in [1.165, 1.54) is 96.3 Å². The van der Waals surface area contributed by atoms with Crippen molar-refractivity contribution < 1.29 is 13.3 Å². The molecule has 1 unspecified atom stereocenters. The fourth-order valence-electron chi connectivity index (χ4n) is 4.71. The van der Waals surface area contributed by atoms with Gasteiger partial charge in [-0.2, -0.15) is 0 Å². The first-order chi connectivity index (χ1) is 14.8. The Balaban J connectivity index is -0.00000450. The topological polar surface area (TPSA) is 53.7 Å². The first kappa shape index (κ1) is 38.1. The maximum atomic E-state index is 6.35. The van der Waals surface area contributed by atoms with Crippen molar-refractivity contribution in [1.29, 1.82) is 0 Å². The number of hydrogen-bond donors (Lipinski definition) is 1. The Morgan fingerprint density at radius 2 is 1.03 bits per heavy atom. The van der Waals surface area contributed by atoms with Gasteiger partial charge in [0.05, 0.1) is 0 Å². The zero-order valence-corrected chi connectivity index (χ0v) is 24.3. The van der Waals surface area contributed by atoms with E-state index in [-0.39, 0.29) is 28.9 Å². The standard InChI is InChI=1S/C26H57NO3Si.ClH.H4Si/c1-7-8-9-10-11-12-13-14-15-16-17-18-19-21-25(24-26(2,3)27)22-20-23-31(28-4,29-5)30-6;;/h25H,7-24,27H2,1-6H3;1H;1H4. The zero-order chi connectivity index (χ0) is 23.4. The minimum Gasteiger partial charge on any atom is -0.377 e. The number of rotatable bonds is 23. The maximum Gasteiger partial charge on any atom is 0.500 e. The molecule has 0 bridgehead atoms. The molecule has 0 heterocycles. The smallest absolute Gasteiger partial charge is 0.377 e. The van der Waals surface area contributed by atoms with Gasteiger partial charge in [-0.15, -0.1) is 12.4 Å². The first-order valence-electron chi connectivity index (χ1n) is 13.3. The van der Waals surface area contributed by atoms with Crippen LogP contribution in [0.2, 0.25) is 6.04 Å². The van der Waals surface area contributed by atoms with Gasteiger partial charge in [-0.3, -0.25) is 0 Å². The molecule has 2 N–H and O–H groups in total. The van der Waals surface area contributed by atoms with E-state index < -0.39 is 8.80 Å². The van der Waals surface area contributed by atoms with Crippen molar-refractivity contribution in [2.24, 2.45) is 11.7 Å². The van der Waals surface area contributed by atoms with Crippen LogP contribution >= 0.6 is 12.4 Å². The van der Waals surface area contributed by atoms with Crippen LogP contribution in [0.3, 0.4) is 0 Å². The minimum atomic E-state index is -2.45. The molecule has 0 aromatic carbocycles. The minimum absolute atomic E-state index is 0. The van der Waals surface area contributed by atoms with Gasteiger partial charge in [0.1, 0.15) is 0 Å². The molecule has 0 radical (unpaired) electrons. The lowest BCUT2D eigenvalue weighted by atomic mass is 9.85. The monoisotopic (exact) mass is 527 g/mol. The number of hydrogen-bond acceptors (Lipinski definition) is 4. The summed E-state index contributed by atoms with van der Waals surface area (Å²) in [6, 6.07) is 0.886. The van der Waals surface area contributed by atoms with Crippen molar-refractivity contribution in [1.82, 2.24) is 0 Å². The molecule has 0 rings (SSSR count). The molecule has 4 nitrogen and oxygen atoms in total. The Morgan fingerprint density at radius 3 is 1.39 bits per heavy atom. The van der Waals surface area contributed by atoms with Gasteiger partial charge in [0, 0.05) is 32.9 Å². The van der Waals surface area contributed by atoms with Crippen molar-refractivity contribution in [2.45, 2.75) is 142 Å². The number of halogens is 1. The van der Waals surface area contributed by atoms with Crippen LogP contribution in [0.4, 0.5) is 0 Å². The molecule has 0 aromatic heterocycles. The van der Waals surface area contributed by atoms with Crippen LogP contribution in [-0.4, -0.2) is 46.6 Å². The molecular formula is C26H62ClNO3Si2. The van der Waals surface area contributed by atoms with E-state index >= 15 is 0 Å². The summed E-state index contributed by atoms with van der Waals surface area (Å²) in [6.07, 6.45) is 23.0. The third kappa shape index (κ3) is 22.8. The van der Waals surface area contributed by atoms with Crippen LogP contribution in [0, 0.1) is 5.92 Å². The molecule has 0 amide bonds. The molecule has 204 valence electrons. The molecule has 7 heteroatoms. The Morgan fingerprint density at radius 1 is 0.667 bits per heavy atom. The summed E-state index contributed by atoms with van der Waals surface area (Å²) < 4.78 is 16.7. The molecule has 0 aliphatic rings. The molecular weight excluding hydrogens is 466 g/mol. The second-order valence-corrected chi connectivity index (χ2v) is 13.4. The van der Waals surface area contributed by atoms with Gasteiger partial charge >= 0.3 is 8.80 Å². The van der Waals surface area contributed by atoms with Crippen molar-refractivity contribution >= 4 is 32.2 Å². The highest BCUT2D eigenvalue weighted by molar-refractivity contribution is 6.60. The summed E-state index contributed by atoms with van der Waals surface area (Å²) in [6.45, 7) is 6.60. The summed E-state index contributed by atoms with van der Waals surface area (Å²) >= 11 is 0. The molecule has 0 aromatic rings. The van der Waals surface area contributed by atoms with Crippen LogP contribution in [0.15, 0.2) is 0 Å². The Hall–Kier alpha value is 0.564. The van der Waals surface area contributed by atoms with Crippen LogP contribution in [0.1, 0.15) is 130 Å². The predicted octanol–water partition coefficient (Wildman–Crippen LogP) is 6.84. The first-order valence-corrected chi connectivity index (χ1v) is 15.2. The summed E-state index contributed by atoms with van der Waals surface area (Å²) in [7, 11) is 2.66. The van der Waals surface area contributed by atoms with E-state index in [9.17, 15) is 0 Å². The average molecular weight is 528 g/mol. The third-order valence-corrected chi connectivity index (χ3v) is 9.39. The lowest BCUT2D eigenvalue weighted by molar-refractivity contribution is 0.122. The summed E-state index contributed by atoms with van der Waals surface area (Å²) in [5.74, 6) is 0.685. The molecule has 0 fully saturated rings. The summed E-state index contributed by atoms with van der Waals surface area (Å²) in [5.41, 5.74) is 6.25. The van der Waals surface area contributed by atoms with Gasteiger partial charge in [-0.1, -0.05) is 103 Å². The maximum absolute atomic E-state index is 6.35. The van der Waals surface area contributed by atoms with Crippen LogP contribution in [0.25, 0.3) is 0 Å². The molecule has 1 atom stereocenters. The van der Waals surface area contributed by atoms with Crippen molar-refractivity contribution in [3.63, 3.8) is 0 Å². The highest BCUT2D eigenvalue weighted by Gasteiger charge is 2.37. The molecule has 0 saturated carbocycles. The van der Waals surface area contributed by atoms with Crippen LogP contribution in [-0.2, 0) is 13.3 Å². The van der Waals surface area contributed by atoms with E-state index in [4.69, 9.17) is 19.0 Å². The normalized spacial score (nSPS) is 12.8. The molecule has 0 aliphatic heterocycles. The van der Waals surface area contributed by atoms with E-state index in [0.717, 1.165) is 18.9 Å². The van der Waals surface area contributed by atoms with Gasteiger partial charge in [-0.05, 0) is 43.6 Å². The second kappa shape index (κ2) is 24.3. The van der Waals surface area contributed by atoms with Gasteiger partial charge in [0.15, 0.2) is 0 Å². The van der Waals surface area contributed by atoms with E-state index in [1.54, 1.807) is 21.3 Å². The van der Waals surface area contributed by atoms with E-state index in [0.29, 0.717) is 5.92 Å². The van der Waals surface area contributed by atoms with E-state index in [1.807, 2.05) is 0 Å². The fraction of sp³-hybridized carbons (Fsp3) is 1.00. The Kier molecular flexibility index (Phi) is 28.0.